The minimum absolute atomic E-state index is 0.467. The van der Waals surface area contributed by atoms with E-state index in [-0.39, 0.29) is 0 Å². The van der Waals surface area contributed by atoms with E-state index in [1.165, 1.54) is 11.3 Å². The Bertz CT molecular complexity index is 1070. The average Bonchev–Trinajstić information content (AvgIpc) is 3.06. The van der Waals surface area contributed by atoms with Gasteiger partial charge in [0.25, 0.3) is 0 Å². The van der Waals surface area contributed by atoms with Crippen LogP contribution < -0.4 is 10.5 Å². The SMILES string of the molecule is CCn1nc2c(N)nc3cc(OC)ccc3c2c1CCc1ccccc1. The van der Waals surface area contributed by atoms with Crippen LogP contribution in [0.15, 0.2) is 48.5 Å². The number of ether oxygens (including phenoxy) is 1. The fourth-order valence-electron chi connectivity index (χ4n) is 3.51. The summed E-state index contributed by atoms with van der Waals surface area (Å²) in [5.74, 6) is 1.24. The largest absolute Gasteiger partial charge is 0.497 e. The van der Waals surface area contributed by atoms with E-state index in [9.17, 15) is 0 Å². The Morgan fingerprint density at radius 1 is 1.08 bits per heavy atom. The van der Waals surface area contributed by atoms with Crippen molar-refractivity contribution in [1.29, 1.82) is 0 Å². The second-order valence-corrected chi connectivity index (χ2v) is 6.35. The van der Waals surface area contributed by atoms with Gasteiger partial charge in [-0.3, -0.25) is 4.68 Å². The van der Waals surface area contributed by atoms with Gasteiger partial charge in [-0.1, -0.05) is 30.3 Å². The molecule has 4 aromatic rings. The predicted octanol–water partition coefficient (Wildman–Crippen LogP) is 3.98. The molecule has 0 aliphatic rings. The van der Waals surface area contributed by atoms with Crippen molar-refractivity contribution < 1.29 is 4.74 Å². The lowest BCUT2D eigenvalue weighted by atomic mass is 10.0. The molecule has 0 amide bonds. The lowest BCUT2D eigenvalue weighted by molar-refractivity contribution is 0.415. The molecule has 0 radical (unpaired) electrons. The second kappa shape index (κ2) is 6.67. The molecule has 132 valence electrons. The molecule has 0 saturated carbocycles. The number of aryl methyl sites for hydroxylation is 3. The molecule has 2 heterocycles. The van der Waals surface area contributed by atoms with Crippen molar-refractivity contribution in [3.8, 4) is 5.75 Å². The molecule has 0 fully saturated rings. The third-order valence-electron chi connectivity index (χ3n) is 4.81. The van der Waals surface area contributed by atoms with E-state index in [0.29, 0.717) is 5.82 Å². The number of pyridine rings is 1. The highest BCUT2D eigenvalue weighted by Crippen LogP contribution is 2.32. The van der Waals surface area contributed by atoms with Crippen molar-refractivity contribution in [3.63, 3.8) is 0 Å². The molecular formula is C21H22N4O. The summed E-state index contributed by atoms with van der Waals surface area (Å²) in [6.07, 6.45) is 1.86. The summed E-state index contributed by atoms with van der Waals surface area (Å²) in [7, 11) is 1.66. The molecule has 2 aromatic carbocycles. The average molecular weight is 346 g/mol. The predicted molar refractivity (Wildman–Crippen MR) is 106 cm³/mol. The maximum atomic E-state index is 6.23. The molecule has 0 atom stereocenters. The molecule has 4 rings (SSSR count). The summed E-state index contributed by atoms with van der Waals surface area (Å²) in [4.78, 5) is 4.54. The van der Waals surface area contributed by atoms with Crippen LogP contribution in [0.4, 0.5) is 5.82 Å². The maximum Gasteiger partial charge on any atom is 0.152 e. The summed E-state index contributed by atoms with van der Waals surface area (Å²) in [6, 6.07) is 16.5. The van der Waals surface area contributed by atoms with Crippen LogP contribution in [0.5, 0.6) is 5.75 Å². The van der Waals surface area contributed by atoms with Crippen LogP contribution >= 0.6 is 0 Å². The molecule has 2 N–H and O–H groups in total. The molecule has 0 bridgehead atoms. The van der Waals surface area contributed by atoms with E-state index in [1.54, 1.807) is 7.11 Å². The van der Waals surface area contributed by atoms with Gasteiger partial charge in [-0.2, -0.15) is 5.10 Å². The van der Waals surface area contributed by atoms with Crippen LogP contribution in [0, 0.1) is 0 Å². The first kappa shape index (κ1) is 16.4. The highest BCUT2D eigenvalue weighted by Gasteiger charge is 2.17. The molecule has 0 unspecified atom stereocenters. The number of hydrogen-bond donors (Lipinski definition) is 1. The zero-order valence-electron chi connectivity index (χ0n) is 15.1. The van der Waals surface area contributed by atoms with Crippen molar-refractivity contribution in [3.05, 3.63) is 59.8 Å². The summed E-state index contributed by atoms with van der Waals surface area (Å²) >= 11 is 0. The molecule has 26 heavy (non-hydrogen) atoms. The Labute approximate surface area is 152 Å². The Kier molecular flexibility index (Phi) is 4.21. The van der Waals surface area contributed by atoms with E-state index in [2.05, 4.69) is 46.9 Å². The highest BCUT2D eigenvalue weighted by atomic mass is 16.5. The lowest BCUT2D eigenvalue weighted by Crippen LogP contribution is -2.04. The molecule has 5 heteroatoms. The summed E-state index contributed by atoms with van der Waals surface area (Å²) < 4.78 is 7.39. The van der Waals surface area contributed by atoms with Gasteiger partial charge in [0, 0.05) is 29.1 Å². The lowest BCUT2D eigenvalue weighted by Gasteiger charge is -2.08. The number of anilines is 1. The number of nitrogens with zero attached hydrogens (tertiary/aromatic N) is 3. The zero-order chi connectivity index (χ0) is 18.1. The number of aromatic nitrogens is 3. The number of nitrogens with two attached hydrogens (primary N) is 1. The van der Waals surface area contributed by atoms with Crippen molar-refractivity contribution >= 4 is 27.6 Å². The number of nitrogen functional groups attached to an aromatic ring is 1. The number of hydrogen-bond acceptors (Lipinski definition) is 4. The first-order valence-corrected chi connectivity index (χ1v) is 8.87. The Balaban J connectivity index is 1.89. The van der Waals surface area contributed by atoms with Crippen LogP contribution in [0.25, 0.3) is 21.8 Å². The first-order chi connectivity index (χ1) is 12.7. The van der Waals surface area contributed by atoms with Gasteiger partial charge in [-0.15, -0.1) is 0 Å². The molecule has 5 nitrogen and oxygen atoms in total. The van der Waals surface area contributed by atoms with E-state index < -0.39 is 0 Å². The van der Waals surface area contributed by atoms with Crippen molar-refractivity contribution in [2.75, 3.05) is 12.8 Å². The van der Waals surface area contributed by atoms with Crippen molar-refractivity contribution in [1.82, 2.24) is 14.8 Å². The molecule has 0 aliphatic carbocycles. The number of fused-ring (bicyclic) bond motifs is 3. The normalized spacial score (nSPS) is 11.3. The van der Waals surface area contributed by atoms with Gasteiger partial charge in [0.15, 0.2) is 5.82 Å². The van der Waals surface area contributed by atoms with E-state index in [0.717, 1.165) is 46.9 Å². The van der Waals surface area contributed by atoms with Crippen molar-refractivity contribution in [2.24, 2.45) is 0 Å². The topological polar surface area (TPSA) is 66.0 Å². The summed E-state index contributed by atoms with van der Waals surface area (Å²) in [6.45, 7) is 2.91. The number of rotatable bonds is 5. The minimum atomic E-state index is 0.467. The number of benzene rings is 2. The van der Waals surface area contributed by atoms with Crippen LogP contribution in [-0.4, -0.2) is 21.9 Å². The molecular weight excluding hydrogens is 324 g/mol. The van der Waals surface area contributed by atoms with E-state index in [1.807, 2.05) is 18.2 Å². The van der Waals surface area contributed by atoms with Crippen LogP contribution in [-0.2, 0) is 19.4 Å². The fraction of sp³-hybridized carbons (Fsp3) is 0.238. The van der Waals surface area contributed by atoms with Crippen LogP contribution in [0.2, 0.25) is 0 Å². The van der Waals surface area contributed by atoms with Gasteiger partial charge in [0.1, 0.15) is 11.3 Å². The van der Waals surface area contributed by atoms with Crippen LogP contribution in [0.3, 0.4) is 0 Å². The smallest absolute Gasteiger partial charge is 0.152 e. The van der Waals surface area contributed by atoms with Gasteiger partial charge < -0.3 is 10.5 Å². The van der Waals surface area contributed by atoms with Gasteiger partial charge in [0.2, 0.25) is 0 Å². The van der Waals surface area contributed by atoms with E-state index in [4.69, 9.17) is 15.6 Å². The summed E-state index contributed by atoms with van der Waals surface area (Å²) in [5.41, 5.74) is 10.4. The quantitative estimate of drug-likeness (QED) is 0.593. The van der Waals surface area contributed by atoms with E-state index >= 15 is 0 Å². The standard InChI is InChI=1S/C21H22N4O/c1-3-25-18(12-9-14-7-5-4-6-8-14)19-16-11-10-15(26-2)13-17(16)23-21(22)20(19)24-25/h4-8,10-11,13H,3,9,12H2,1-2H3,(H2,22,23). The number of methoxy groups -OCH3 is 1. The Hall–Kier alpha value is -3.08. The Morgan fingerprint density at radius 3 is 2.62 bits per heavy atom. The molecule has 0 spiro atoms. The molecule has 0 aliphatic heterocycles. The first-order valence-electron chi connectivity index (χ1n) is 8.87. The molecule has 2 aromatic heterocycles. The van der Waals surface area contributed by atoms with Gasteiger partial charge in [-0.05, 0) is 37.5 Å². The highest BCUT2D eigenvalue weighted by molar-refractivity contribution is 6.09. The van der Waals surface area contributed by atoms with Gasteiger partial charge in [0.05, 0.1) is 12.6 Å². The van der Waals surface area contributed by atoms with Crippen LogP contribution in [0.1, 0.15) is 18.2 Å². The third kappa shape index (κ3) is 2.75. The monoisotopic (exact) mass is 346 g/mol. The molecule has 0 saturated heterocycles. The van der Waals surface area contributed by atoms with Gasteiger partial charge >= 0.3 is 0 Å². The fourth-order valence-corrected chi connectivity index (χ4v) is 3.51. The Morgan fingerprint density at radius 2 is 1.88 bits per heavy atom. The van der Waals surface area contributed by atoms with Crippen molar-refractivity contribution in [2.45, 2.75) is 26.3 Å². The third-order valence-corrected chi connectivity index (χ3v) is 4.81. The maximum absolute atomic E-state index is 6.23. The summed E-state index contributed by atoms with van der Waals surface area (Å²) in [5, 5.41) is 6.91. The minimum Gasteiger partial charge on any atom is -0.497 e. The van der Waals surface area contributed by atoms with Gasteiger partial charge in [-0.25, -0.2) is 4.98 Å². The second-order valence-electron chi connectivity index (χ2n) is 6.35. The zero-order valence-corrected chi connectivity index (χ0v) is 15.1.